The fraction of sp³-hybridized carbons (Fsp3) is 1.00. The quantitative estimate of drug-likeness (QED) is 0.120. The molecule has 7 saturated carbocycles. The van der Waals surface area contributed by atoms with E-state index in [2.05, 4.69) is 194 Å². The summed E-state index contributed by atoms with van der Waals surface area (Å²) in [4.78, 5) is 0. The van der Waals surface area contributed by atoms with Gasteiger partial charge >= 0.3 is 0 Å². The summed E-state index contributed by atoms with van der Waals surface area (Å²) in [5.41, 5.74) is 39.2. The number of nitrogens with two attached hydrogens (primary N) is 6. The zero-order valence-electron chi connectivity index (χ0n) is 70.6. The third-order valence-corrected chi connectivity index (χ3v) is 29.9. The maximum Gasteiger partial charge on any atom is 0.263 e. The fourth-order valence-electron chi connectivity index (χ4n) is 24.8. The molecule has 0 saturated heterocycles. The second-order valence-corrected chi connectivity index (χ2v) is 41.4. The molecule has 0 bridgehead atoms. The minimum Gasteiger partial charge on any atom is -0.327 e. The lowest BCUT2D eigenvalue weighted by atomic mass is 9.56. The number of halogens is 5. The van der Waals surface area contributed by atoms with Gasteiger partial charge < -0.3 is 34.4 Å². The van der Waals surface area contributed by atoms with Crippen molar-refractivity contribution >= 4 is 0 Å². The maximum absolute atomic E-state index is 13.4. The zero-order chi connectivity index (χ0) is 76.2. The Morgan fingerprint density at radius 3 is 0.865 bits per heavy atom. The van der Waals surface area contributed by atoms with Crippen LogP contribution in [0.4, 0.5) is 22.0 Å². The van der Waals surface area contributed by atoms with E-state index in [1.54, 1.807) is 0 Å². The highest BCUT2D eigenvalue weighted by atomic mass is 19.3. The Kier molecular flexibility index (Phi) is 33.2. The van der Waals surface area contributed by atoms with Crippen molar-refractivity contribution in [1.29, 1.82) is 0 Å². The van der Waals surface area contributed by atoms with Gasteiger partial charge in [0.25, 0.3) is 5.92 Å². The van der Waals surface area contributed by atoms with Gasteiger partial charge in [0, 0.05) is 49.5 Å². The normalized spacial score (nSPS) is 35.4. The number of alkyl halides is 5. The summed E-state index contributed by atoms with van der Waals surface area (Å²) in [6.07, 6.45) is 12.6. The van der Waals surface area contributed by atoms with Gasteiger partial charge in [-0.1, -0.05) is 256 Å². The highest BCUT2D eigenvalue weighted by Crippen LogP contribution is 2.63. The van der Waals surface area contributed by atoms with Crippen molar-refractivity contribution in [3.8, 4) is 0 Å². The highest BCUT2D eigenvalue weighted by molar-refractivity contribution is 5.11. The Balaban J connectivity index is 0.000000560. The van der Waals surface area contributed by atoms with E-state index in [4.69, 9.17) is 34.4 Å². The minimum atomic E-state index is -2.67. The first-order valence-electron chi connectivity index (χ1n) is 39.8. The van der Waals surface area contributed by atoms with E-state index in [0.29, 0.717) is 116 Å². The third-order valence-electron chi connectivity index (χ3n) is 29.9. The van der Waals surface area contributed by atoms with Crippen LogP contribution < -0.4 is 34.4 Å². The van der Waals surface area contributed by atoms with Crippen LogP contribution in [-0.2, 0) is 0 Å². The summed E-state index contributed by atoms with van der Waals surface area (Å²) < 4.78 is 66.8. The van der Waals surface area contributed by atoms with Crippen molar-refractivity contribution in [2.45, 2.75) is 400 Å². The largest absolute Gasteiger partial charge is 0.327 e. The van der Waals surface area contributed by atoms with Gasteiger partial charge in [-0.05, 0) is 213 Å². The van der Waals surface area contributed by atoms with Gasteiger partial charge in [-0.2, -0.15) is 0 Å². The number of hydrogen-bond acceptors (Lipinski definition) is 6. The second kappa shape index (κ2) is 34.1. The molecule has 7 aliphatic rings. The predicted octanol–water partition coefficient (Wildman–Crippen LogP) is 23.6. The van der Waals surface area contributed by atoms with Crippen LogP contribution in [0.3, 0.4) is 0 Å². The number of hydrogen-bond donors (Lipinski definition) is 6. The van der Waals surface area contributed by atoms with E-state index < -0.39 is 24.1 Å². The van der Waals surface area contributed by atoms with Gasteiger partial charge in [-0.25, -0.2) is 22.0 Å². The summed E-state index contributed by atoms with van der Waals surface area (Å²) in [6.45, 7) is 81.5. The van der Waals surface area contributed by atoms with E-state index in [0.717, 1.165) is 23.7 Å². The summed E-state index contributed by atoms with van der Waals surface area (Å²) in [5.74, 6) is 2.74. The third kappa shape index (κ3) is 18.9. The molecule has 12 N–H and O–H groups in total. The van der Waals surface area contributed by atoms with Crippen LogP contribution in [0.5, 0.6) is 0 Å². The molecular formula is C85H171F5N6. The standard InChI is InChI=1S/C14H28.2C13H27N.C12H25N.2C11H21F2N.C11H22FN/c1-10(2)14(13(5,6)7)9-11(3)8-12(14)4;1-9(2)13(12(4,5)6)8-10(3)7-11(13)14;1-9(2)13(12(4,5)6)8-7-10(3)11(13)14;1-9(2)12(11(3,4)5)8-6-7-10(12)13;1-7(2)11(8(3)4)6-10(12,13)5-9(11)14;1-7(2)10(8(3)4)5-6-11(12,13)9(10)14;1-7(2)11(8(3)4)6-9(12)5-10(11)13/h10-12H,8-9H2,1-7H3;2*9-11H,7-8,14H2,1-6H3;9-10H,6-8,13H2,1-5H3;2*7-9H,5-6,14H2,1-4H3;7-10H,5-6,13H2,1-4H3/t11?,12-,14?;2*10?,11-,13?;10-,12?;2*9-;9?,10-/m1111101/s1. The molecule has 0 spiro atoms. The number of rotatable bonds is 10. The molecule has 7 rings (SSSR count). The Morgan fingerprint density at radius 2 is 0.719 bits per heavy atom. The van der Waals surface area contributed by atoms with Crippen molar-refractivity contribution in [2.24, 2.45) is 177 Å². The molecule has 96 heavy (non-hydrogen) atoms. The summed E-state index contributed by atoms with van der Waals surface area (Å²) in [6, 6.07) is -0.123. The summed E-state index contributed by atoms with van der Waals surface area (Å²) >= 11 is 0. The topological polar surface area (TPSA) is 156 Å². The Hall–Kier alpha value is -0.590. The van der Waals surface area contributed by atoms with Crippen LogP contribution in [0.2, 0.25) is 0 Å². The van der Waals surface area contributed by atoms with Gasteiger partial charge in [0.1, 0.15) is 6.17 Å². The SMILES string of the molecule is CC(C)C1(C(C)(C)C)CCC[C@H]1N.CC(C)C1(C(C)C)CC(F)(F)C[C@H]1N.CC(C)C1(C(C)C)CC(F)C[C@H]1N.CC(C)C1(C(C)C)CCC(F)(F)[C@H]1N.CC1CCC(C(C)C)(C(C)(C)C)[C@@H]1N.CC1C[C@@H](C)C(C(C)C)(C(C)(C)C)C1.CC1C[C@@H](N)C(C(C)C)(C(C)(C)C)C1. The highest BCUT2D eigenvalue weighted by Gasteiger charge is 2.61. The molecule has 0 aromatic heterocycles. The molecule has 0 aliphatic heterocycles. The molecule has 15 atom stereocenters. The Morgan fingerprint density at radius 1 is 0.344 bits per heavy atom. The molecule has 0 radical (unpaired) electrons. The van der Waals surface area contributed by atoms with Crippen LogP contribution in [0.25, 0.3) is 0 Å². The molecular weight excluding hydrogens is 1200 g/mol. The van der Waals surface area contributed by atoms with Crippen LogP contribution >= 0.6 is 0 Å². The van der Waals surface area contributed by atoms with Crippen molar-refractivity contribution in [3.05, 3.63) is 0 Å². The van der Waals surface area contributed by atoms with E-state index in [9.17, 15) is 22.0 Å². The van der Waals surface area contributed by atoms with Gasteiger partial charge in [0.2, 0.25) is 5.92 Å². The minimum absolute atomic E-state index is 0.0272. The molecule has 576 valence electrons. The zero-order valence-corrected chi connectivity index (χ0v) is 70.6. The molecule has 0 aromatic carbocycles. The Bertz CT molecular complexity index is 2150. The van der Waals surface area contributed by atoms with Crippen molar-refractivity contribution in [2.75, 3.05) is 0 Å². The van der Waals surface area contributed by atoms with Gasteiger partial charge in [-0.15, -0.1) is 0 Å². The Labute approximate surface area is 595 Å². The molecule has 7 fully saturated rings. The van der Waals surface area contributed by atoms with Crippen molar-refractivity contribution < 1.29 is 22.0 Å². The van der Waals surface area contributed by atoms with E-state index >= 15 is 0 Å². The van der Waals surface area contributed by atoms with Crippen LogP contribution in [0.15, 0.2) is 0 Å². The van der Waals surface area contributed by atoms with Gasteiger partial charge in [0.05, 0.1) is 6.04 Å². The van der Waals surface area contributed by atoms with E-state index in [1.165, 1.54) is 57.8 Å². The van der Waals surface area contributed by atoms with E-state index in [1.807, 2.05) is 55.4 Å². The second-order valence-electron chi connectivity index (χ2n) is 41.4. The molecule has 0 aromatic rings. The van der Waals surface area contributed by atoms with Crippen LogP contribution in [0.1, 0.15) is 346 Å². The van der Waals surface area contributed by atoms with Crippen LogP contribution in [-0.4, -0.2) is 54.3 Å². The lowest BCUT2D eigenvalue weighted by Crippen LogP contribution is -2.52. The first-order chi connectivity index (χ1) is 42.9. The van der Waals surface area contributed by atoms with E-state index in [-0.39, 0.29) is 71.3 Å². The summed E-state index contributed by atoms with van der Waals surface area (Å²) in [5, 5.41) is 0. The molecule has 0 amide bonds. The first kappa shape index (κ1) is 93.4. The molecule has 8 unspecified atom stereocenters. The summed E-state index contributed by atoms with van der Waals surface area (Å²) in [7, 11) is 0. The van der Waals surface area contributed by atoms with Gasteiger partial charge in [0.15, 0.2) is 0 Å². The lowest BCUT2D eigenvalue weighted by Gasteiger charge is -2.49. The molecule has 11 heteroatoms. The molecule has 7 aliphatic carbocycles. The lowest BCUT2D eigenvalue weighted by molar-refractivity contribution is -0.0429. The fourth-order valence-corrected chi connectivity index (χ4v) is 24.8. The van der Waals surface area contributed by atoms with Gasteiger partial charge in [-0.3, -0.25) is 0 Å². The average molecular weight is 1370 g/mol. The predicted molar refractivity (Wildman–Crippen MR) is 412 cm³/mol. The molecule has 6 nitrogen and oxygen atoms in total. The monoisotopic (exact) mass is 1370 g/mol. The first-order valence-corrected chi connectivity index (χ1v) is 39.8. The van der Waals surface area contributed by atoms with Crippen molar-refractivity contribution in [3.63, 3.8) is 0 Å². The molecule has 0 heterocycles. The maximum atomic E-state index is 13.4. The smallest absolute Gasteiger partial charge is 0.263 e. The average Bonchev–Trinajstić information content (AvgIpc) is 1.55. The van der Waals surface area contributed by atoms with Crippen LogP contribution in [0, 0.1) is 142 Å². The van der Waals surface area contributed by atoms with Crippen molar-refractivity contribution in [1.82, 2.24) is 0 Å².